The fourth-order valence-electron chi connectivity index (χ4n) is 3.91. The molecule has 0 bridgehead atoms. The van der Waals surface area contributed by atoms with Gasteiger partial charge in [-0.05, 0) is 42.5 Å². The summed E-state index contributed by atoms with van der Waals surface area (Å²) in [7, 11) is 1.53. The van der Waals surface area contributed by atoms with Gasteiger partial charge in [-0.15, -0.1) is 0 Å². The highest BCUT2D eigenvalue weighted by Gasteiger charge is 2.51. The quantitative estimate of drug-likeness (QED) is 0.439. The lowest BCUT2D eigenvalue weighted by molar-refractivity contribution is -0.125. The molecule has 4 aromatic rings. The Morgan fingerprint density at radius 3 is 2.74 bits per heavy atom. The number of imide groups is 1. The minimum atomic E-state index is -1.58. The highest BCUT2D eigenvalue weighted by Crippen LogP contribution is 2.36. The molecule has 3 amide bonds. The second-order valence-electron chi connectivity index (χ2n) is 7.32. The van der Waals surface area contributed by atoms with E-state index in [1.807, 2.05) is 0 Å². The van der Waals surface area contributed by atoms with Crippen LogP contribution in [0, 0.1) is 11.3 Å². The standard InChI is InChI=1S/C22H16N4O5/c1-30-15-4-3-13-10-26(19(27)16(13)8-15)11-22(20(28)24-21(29)25-22)18-7-14-6-12(9-23)2-5-17(14)31-18/h2-8,10,27H,11H2,1H3,(H2,24,25,28,29)/t22-/m0/s1. The monoisotopic (exact) mass is 416 g/mol. The first-order chi connectivity index (χ1) is 14.9. The number of aromatic hydroxyl groups is 1. The summed E-state index contributed by atoms with van der Waals surface area (Å²) < 4.78 is 12.6. The number of rotatable bonds is 4. The van der Waals surface area contributed by atoms with E-state index in [0.717, 1.165) is 5.39 Å². The van der Waals surface area contributed by atoms with Crippen molar-refractivity contribution < 1.29 is 23.8 Å². The molecule has 0 spiro atoms. The van der Waals surface area contributed by atoms with Gasteiger partial charge in [-0.3, -0.25) is 10.1 Å². The predicted octanol–water partition coefficient (Wildman–Crippen LogP) is 2.71. The number of nitrogens with one attached hydrogen (secondary N) is 2. The molecule has 1 fully saturated rings. The van der Waals surface area contributed by atoms with Crippen LogP contribution in [0.1, 0.15) is 11.3 Å². The van der Waals surface area contributed by atoms with Gasteiger partial charge in [-0.1, -0.05) is 0 Å². The molecule has 1 aliphatic rings. The number of nitriles is 1. The number of nitrogens with zero attached hydrogens (tertiary/aromatic N) is 2. The predicted molar refractivity (Wildman–Crippen MR) is 109 cm³/mol. The van der Waals surface area contributed by atoms with Gasteiger partial charge in [0, 0.05) is 22.4 Å². The highest BCUT2D eigenvalue weighted by molar-refractivity contribution is 6.07. The van der Waals surface area contributed by atoms with Crippen molar-refractivity contribution in [3.05, 3.63) is 60.0 Å². The third-order valence-electron chi connectivity index (χ3n) is 5.48. The molecule has 1 atom stereocenters. The van der Waals surface area contributed by atoms with Crippen molar-refractivity contribution in [3.8, 4) is 17.7 Å². The van der Waals surface area contributed by atoms with Crippen LogP contribution in [-0.2, 0) is 16.9 Å². The minimum Gasteiger partial charge on any atom is -0.497 e. The number of furan rings is 1. The number of benzene rings is 2. The first kappa shape index (κ1) is 18.6. The Balaban J connectivity index is 1.65. The Labute approximate surface area is 175 Å². The number of hydrogen-bond donors (Lipinski definition) is 3. The van der Waals surface area contributed by atoms with Crippen LogP contribution < -0.4 is 15.4 Å². The van der Waals surface area contributed by atoms with Gasteiger partial charge in [0.05, 0.1) is 25.3 Å². The number of fused-ring (bicyclic) bond motifs is 2. The molecule has 0 unspecified atom stereocenters. The van der Waals surface area contributed by atoms with E-state index in [0.29, 0.717) is 27.7 Å². The SMILES string of the molecule is COc1ccc2cn(C[C@@]3(c4cc5cc(C#N)ccc5o4)NC(=O)NC3=O)c(O)c2c1. The average molecular weight is 416 g/mol. The van der Waals surface area contributed by atoms with E-state index >= 15 is 0 Å². The van der Waals surface area contributed by atoms with Gasteiger partial charge in [0.1, 0.15) is 17.1 Å². The van der Waals surface area contributed by atoms with E-state index in [-0.39, 0.29) is 18.2 Å². The molecular weight excluding hydrogens is 400 g/mol. The molecule has 154 valence electrons. The van der Waals surface area contributed by atoms with Crippen LogP contribution in [0.3, 0.4) is 0 Å². The lowest BCUT2D eigenvalue weighted by Crippen LogP contribution is -2.47. The summed E-state index contributed by atoms with van der Waals surface area (Å²) in [5, 5.41) is 26.7. The van der Waals surface area contributed by atoms with Crippen molar-refractivity contribution in [1.29, 1.82) is 5.26 Å². The Morgan fingerprint density at radius 2 is 2.03 bits per heavy atom. The van der Waals surface area contributed by atoms with Gasteiger partial charge in [0.2, 0.25) is 0 Å². The fraction of sp³-hybridized carbons (Fsp3) is 0.136. The highest BCUT2D eigenvalue weighted by atomic mass is 16.5. The van der Waals surface area contributed by atoms with E-state index in [2.05, 4.69) is 16.7 Å². The summed E-state index contributed by atoms with van der Waals surface area (Å²) in [6.07, 6.45) is 1.68. The van der Waals surface area contributed by atoms with Crippen molar-refractivity contribution in [2.45, 2.75) is 12.1 Å². The average Bonchev–Trinajstić information content (AvgIpc) is 3.41. The van der Waals surface area contributed by atoms with E-state index in [1.54, 1.807) is 48.7 Å². The summed E-state index contributed by atoms with van der Waals surface area (Å²) in [5.74, 6) is 0.0836. The maximum Gasteiger partial charge on any atom is 0.322 e. The summed E-state index contributed by atoms with van der Waals surface area (Å²) in [4.78, 5) is 25.0. The second kappa shape index (κ2) is 6.53. The number of urea groups is 1. The van der Waals surface area contributed by atoms with E-state index in [4.69, 9.17) is 14.4 Å². The molecule has 9 nitrogen and oxygen atoms in total. The molecule has 9 heteroatoms. The number of hydrogen-bond acceptors (Lipinski definition) is 6. The van der Waals surface area contributed by atoms with Crippen LogP contribution in [0.25, 0.3) is 21.7 Å². The number of aromatic nitrogens is 1. The molecule has 2 aromatic heterocycles. The molecule has 3 N–H and O–H groups in total. The molecule has 5 rings (SSSR count). The summed E-state index contributed by atoms with van der Waals surface area (Å²) >= 11 is 0. The van der Waals surface area contributed by atoms with Crippen molar-refractivity contribution in [2.75, 3.05) is 7.11 Å². The van der Waals surface area contributed by atoms with Gasteiger partial charge in [0.25, 0.3) is 5.91 Å². The van der Waals surface area contributed by atoms with Crippen LogP contribution in [0.5, 0.6) is 11.6 Å². The van der Waals surface area contributed by atoms with E-state index in [1.165, 1.54) is 11.7 Å². The molecule has 2 aromatic carbocycles. The summed E-state index contributed by atoms with van der Waals surface area (Å²) in [5.41, 5.74) is -0.675. The van der Waals surface area contributed by atoms with Crippen molar-refractivity contribution in [1.82, 2.24) is 15.2 Å². The maximum atomic E-state index is 12.9. The summed E-state index contributed by atoms with van der Waals surface area (Å²) in [6.45, 7) is -0.113. The molecule has 0 saturated carbocycles. The van der Waals surface area contributed by atoms with Gasteiger partial charge < -0.3 is 24.1 Å². The summed E-state index contributed by atoms with van der Waals surface area (Å²) in [6, 6.07) is 13.1. The molecule has 31 heavy (non-hydrogen) atoms. The van der Waals surface area contributed by atoms with Crippen LogP contribution in [0.15, 0.2) is 53.1 Å². The number of carbonyl (C=O) groups excluding carboxylic acids is 2. The molecule has 3 heterocycles. The zero-order chi connectivity index (χ0) is 21.8. The van der Waals surface area contributed by atoms with Gasteiger partial charge in [0.15, 0.2) is 11.4 Å². The van der Waals surface area contributed by atoms with Crippen LogP contribution in [0.2, 0.25) is 0 Å². The Kier molecular flexibility index (Phi) is 3.91. The zero-order valence-corrected chi connectivity index (χ0v) is 16.3. The maximum absolute atomic E-state index is 12.9. The molecule has 0 radical (unpaired) electrons. The molecule has 1 aliphatic heterocycles. The number of ether oxygens (including phenoxy) is 1. The largest absolute Gasteiger partial charge is 0.497 e. The topological polar surface area (TPSA) is 130 Å². The fourth-order valence-corrected chi connectivity index (χ4v) is 3.91. The third kappa shape index (κ3) is 2.77. The van der Waals surface area contributed by atoms with E-state index in [9.17, 15) is 14.7 Å². The Hall–Kier alpha value is -4.45. The number of amides is 3. The van der Waals surface area contributed by atoms with Crippen LogP contribution in [-0.4, -0.2) is 28.7 Å². The van der Waals surface area contributed by atoms with Crippen molar-refractivity contribution in [2.24, 2.45) is 0 Å². The Morgan fingerprint density at radius 1 is 1.19 bits per heavy atom. The van der Waals surface area contributed by atoms with Crippen LogP contribution in [0.4, 0.5) is 4.79 Å². The molecule has 0 aliphatic carbocycles. The van der Waals surface area contributed by atoms with Crippen molar-refractivity contribution in [3.63, 3.8) is 0 Å². The number of methoxy groups -OCH3 is 1. The first-order valence-corrected chi connectivity index (χ1v) is 9.37. The minimum absolute atomic E-state index is 0.0786. The molecule has 1 saturated heterocycles. The van der Waals surface area contributed by atoms with Crippen LogP contribution >= 0.6 is 0 Å². The smallest absolute Gasteiger partial charge is 0.322 e. The van der Waals surface area contributed by atoms with E-state index < -0.39 is 17.5 Å². The first-order valence-electron chi connectivity index (χ1n) is 9.37. The second-order valence-corrected chi connectivity index (χ2v) is 7.32. The lowest BCUT2D eigenvalue weighted by atomic mass is 9.95. The van der Waals surface area contributed by atoms with Gasteiger partial charge in [-0.2, -0.15) is 5.26 Å². The van der Waals surface area contributed by atoms with Gasteiger partial charge in [-0.25, -0.2) is 4.79 Å². The van der Waals surface area contributed by atoms with Crippen molar-refractivity contribution >= 4 is 33.7 Å². The third-order valence-corrected chi connectivity index (χ3v) is 5.48. The normalized spacial score (nSPS) is 18.2. The lowest BCUT2D eigenvalue weighted by Gasteiger charge is -2.24. The Bertz CT molecular complexity index is 1430. The molecular formula is C22H16N4O5. The van der Waals surface area contributed by atoms with Gasteiger partial charge >= 0.3 is 6.03 Å². The number of carbonyl (C=O) groups is 2. The zero-order valence-electron chi connectivity index (χ0n) is 16.3.